The van der Waals surface area contributed by atoms with E-state index in [1.54, 1.807) is 6.92 Å². The van der Waals surface area contributed by atoms with Gasteiger partial charge < -0.3 is 9.84 Å². The van der Waals surface area contributed by atoms with Crippen LogP contribution in [0.4, 0.5) is 0 Å². The largest absolute Gasteiger partial charge is 0.494 e. The lowest BCUT2D eigenvalue weighted by Crippen LogP contribution is -2.48. The fourth-order valence-electron chi connectivity index (χ4n) is 1.94. The average molecular weight is 265 g/mol. The van der Waals surface area contributed by atoms with Crippen molar-refractivity contribution in [1.82, 2.24) is 5.32 Å². The van der Waals surface area contributed by atoms with Crippen LogP contribution < -0.4 is 10.1 Å². The number of ether oxygens (including phenoxy) is 1. The van der Waals surface area contributed by atoms with Crippen LogP contribution in [-0.4, -0.2) is 23.2 Å². The van der Waals surface area contributed by atoms with Gasteiger partial charge in [-0.3, -0.25) is 10.1 Å². The van der Waals surface area contributed by atoms with Crippen LogP contribution in [0.25, 0.3) is 0 Å². The molecule has 0 radical (unpaired) electrons. The van der Waals surface area contributed by atoms with Crippen molar-refractivity contribution in [3.8, 4) is 5.75 Å². The predicted octanol–water partition coefficient (Wildman–Crippen LogP) is 2.82. The van der Waals surface area contributed by atoms with Crippen molar-refractivity contribution in [3.05, 3.63) is 29.8 Å². The monoisotopic (exact) mass is 265 g/mol. The zero-order valence-electron chi connectivity index (χ0n) is 11.9. The molecular formula is C15H23NO3. The standard InChI is InChI=1S/C15H23NO3/c1-4-10-15(3,14(17)18)16-11-12-6-8-13(9-7-12)19-5-2/h6-9,16H,4-5,10-11H2,1-3H3,(H,17,18). The van der Waals surface area contributed by atoms with E-state index in [4.69, 9.17) is 4.74 Å². The molecule has 19 heavy (non-hydrogen) atoms. The molecule has 0 saturated heterocycles. The molecule has 4 heteroatoms. The summed E-state index contributed by atoms with van der Waals surface area (Å²) < 4.78 is 5.37. The third kappa shape index (κ3) is 4.56. The molecule has 1 rings (SSSR count). The lowest BCUT2D eigenvalue weighted by atomic mass is 9.96. The Hall–Kier alpha value is -1.55. The summed E-state index contributed by atoms with van der Waals surface area (Å²) in [5.41, 5.74) is 0.180. The highest BCUT2D eigenvalue weighted by Gasteiger charge is 2.31. The number of carbonyl (C=O) groups is 1. The van der Waals surface area contributed by atoms with Gasteiger partial charge in [0, 0.05) is 6.54 Å². The Bertz CT molecular complexity index is 402. The van der Waals surface area contributed by atoms with Gasteiger partial charge in [-0.1, -0.05) is 25.5 Å². The number of rotatable bonds is 8. The van der Waals surface area contributed by atoms with Gasteiger partial charge in [-0.25, -0.2) is 0 Å². The summed E-state index contributed by atoms with van der Waals surface area (Å²) in [6, 6.07) is 7.70. The summed E-state index contributed by atoms with van der Waals surface area (Å²) in [5, 5.41) is 12.4. The Kier molecular flexibility index (Phi) is 5.83. The zero-order valence-corrected chi connectivity index (χ0v) is 11.9. The third-order valence-electron chi connectivity index (χ3n) is 3.14. The first kappa shape index (κ1) is 15.5. The lowest BCUT2D eigenvalue weighted by Gasteiger charge is -2.26. The topological polar surface area (TPSA) is 58.6 Å². The molecule has 0 heterocycles. The van der Waals surface area contributed by atoms with Gasteiger partial charge >= 0.3 is 5.97 Å². The SMILES string of the molecule is CCCC(C)(NCc1ccc(OCC)cc1)C(=O)O. The summed E-state index contributed by atoms with van der Waals surface area (Å²) >= 11 is 0. The maximum Gasteiger partial charge on any atom is 0.323 e. The summed E-state index contributed by atoms with van der Waals surface area (Å²) in [6.45, 7) is 6.84. The molecule has 0 bridgehead atoms. The Morgan fingerprint density at radius 1 is 1.32 bits per heavy atom. The molecule has 1 aromatic carbocycles. The molecular weight excluding hydrogens is 242 g/mol. The van der Waals surface area contributed by atoms with Crippen LogP contribution in [0.1, 0.15) is 39.2 Å². The fraction of sp³-hybridized carbons (Fsp3) is 0.533. The number of benzene rings is 1. The smallest absolute Gasteiger partial charge is 0.323 e. The predicted molar refractivity (Wildman–Crippen MR) is 75.4 cm³/mol. The van der Waals surface area contributed by atoms with Crippen LogP contribution in [0, 0.1) is 0 Å². The first-order chi connectivity index (χ1) is 9.01. The summed E-state index contributed by atoms with van der Waals surface area (Å²) in [5.74, 6) is 0.0288. The first-order valence-corrected chi connectivity index (χ1v) is 6.72. The van der Waals surface area contributed by atoms with Crippen LogP contribution >= 0.6 is 0 Å². The van der Waals surface area contributed by atoms with Crippen molar-refractivity contribution in [2.75, 3.05) is 6.61 Å². The maximum atomic E-state index is 11.3. The molecule has 0 spiro atoms. The average Bonchev–Trinajstić information content (AvgIpc) is 2.38. The van der Waals surface area contributed by atoms with E-state index >= 15 is 0 Å². The highest BCUT2D eigenvalue weighted by Crippen LogP contribution is 2.16. The minimum Gasteiger partial charge on any atom is -0.494 e. The summed E-state index contributed by atoms with van der Waals surface area (Å²) in [6.07, 6.45) is 1.44. The highest BCUT2D eigenvalue weighted by atomic mass is 16.5. The van der Waals surface area contributed by atoms with Crippen molar-refractivity contribution in [2.45, 2.75) is 45.7 Å². The molecule has 0 aliphatic heterocycles. The molecule has 1 aromatic rings. The minimum absolute atomic E-state index is 0.537. The quantitative estimate of drug-likeness (QED) is 0.759. The molecule has 106 valence electrons. The second kappa shape index (κ2) is 7.14. The molecule has 0 saturated carbocycles. The summed E-state index contributed by atoms with van der Waals surface area (Å²) in [7, 11) is 0. The van der Waals surface area contributed by atoms with E-state index in [-0.39, 0.29) is 0 Å². The maximum absolute atomic E-state index is 11.3. The number of hydrogen-bond donors (Lipinski definition) is 2. The van der Waals surface area contributed by atoms with Crippen molar-refractivity contribution in [2.24, 2.45) is 0 Å². The molecule has 4 nitrogen and oxygen atoms in total. The van der Waals surface area contributed by atoms with E-state index in [1.807, 2.05) is 38.1 Å². The molecule has 0 aliphatic carbocycles. The molecule has 1 atom stereocenters. The second-order valence-corrected chi connectivity index (χ2v) is 4.82. The Labute approximate surface area is 114 Å². The number of aliphatic carboxylic acids is 1. The Morgan fingerprint density at radius 2 is 1.95 bits per heavy atom. The molecule has 0 aromatic heterocycles. The van der Waals surface area contributed by atoms with E-state index in [0.29, 0.717) is 19.6 Å². The van der Waals surface area contributed by atoms with E-state index in [0.717, 1.165) is 17.7 Å². The number of nitrogens with one attached hydrogen (secondary N) is 1. The van der Waals surface area contributed by atoms with Gasteiger partial charge in [0.25, 0.3) is 0 Å². The molecule has 1 unspecified atom stereocenters. The van der Waals surface area contributed by atoms with Gasteiger partial charge in [0.05, 0.1) is 6.61 Å². The second-order valence-electron chi connectivity index (χ2n) is 4.82. The van der Waals surface area contributed by atoms with E-state index in [9.17, 15) is 9.90 Å². The normalized spacial score (nSPS) is 13.8. The van der Waals surface area contributed by atoms with Crippen LogP contribution in [0.5, 0.6) is 5.75 Å². The van der Waals surface area contributed by atoms with Crippen LogP contribution in [0.15, 0.2) is 24.3 Å². The summed E-state index contributed by atoms with van der Waals surface area (Å²) in [4.78, 5) is 11.3. The highest BCUT2D eigenvalue weighted by molar-refractivity contribution is 5.78. The first-order valence-electron chi connectivity index (χ1n) is 6.72. The van der Waals surface area contributed by atoms with Crippen molar-refractivity contribution in [1.29, 1.82) is 0 Å². The Balaban J connectivity index is 2.61. The molecule has 0 fully saturated rings. The molecule has 0 aliphatic rings. The number of carboxylic acid groups (broad SMARTS) is 1. The minimum atomic E-state index is -0.868. The van der Waals surface area contributed by atoms with E-state index in [1.165, 1.54) is 0 Å². The van der Waals surface area contributed by atoms with Gasteiger partial charge in [0.15, 0.2) is 0 Å². The van der Waals surface area contributed by atoms with Crippen LogP contribution in [0.2, 0.25) is 0 Å². The van der Waals surface area contributed by atoms with E-state index in [2.05, 4.69) is 5.32 Å². The lowest BCUT2D eigenvalue weighted by molar-refractivity contribution is -0.144. The van der Waals surface area contributed by atoms with Gasteiger partial charge in [0.1, 0.15) is 11.3 Å². The molecule has 0 amide bonds. The van der Waals surface area contributed by atoms with Crippen molar-refractivity contribution in [3.63, 3.8) is 0 Å². The van der Waals surface area contributed by atoms with Gasteiger partial charge in [-0.15, -0.1) is 0 Å². The van der Waals surface area contributed by atoms with Crippen LogP contribution in [-0.2, 0) is 11.3 Å². The van der Waals surface area contributed by atoms with Crippen molar-refractivity contribution < 1.29 is 14.6 Å². The van der Waals surface area contributed by atoms with Crippen molar-refractivity contribution >= 4 is 5.97 Å². The van der Waals surface area contributed by atoms with Gasteiger partial charge in [0.2, 0.25) is 0 Å². The third-order valence-corrected chi connectivity index (χ3v) is 3.14. The zero-order chi connectivity index (χ0) is 14.3. The fourth-order valence-corrected chi connectivity index (χ4v) is 1.94. The number of hydrogen-bond acceptors (Lipinski definition) is 3. The van der Waals surface area contributed by atoms with Gasteiger partial charge in [-0.2, -0.15) is 0 Å². The number of carboxylic acids is 1. The van der Waals surface area contributed by atoms with Gasteiger partial charge in [-0.05, 0) is 38.0 Å². The van der Waals surface area contributed by atoms with Crippen LogP contribution in [0.3, 0.4) is 0 Å². The van der Waals surface area contributed by atoms with E-state index < -0.39 is 11.5 Å². The Morgan fingerprint density at radius 3 is 2.42 bits per heavy atom. The molecule has 2 N–H and O–H groups in total.